The molecule has 1 aromatic rings. The molecule has 3 nitrogen and oxygen atoms in total. The summed E-state index contributed by atoms with van der Waals surface area (Å²) in [5.74, 6) is 1.59. The van der Waals surface area contributed by atoms with Crippen molar-refractivity contribution >= 4 is 5.69 Å². The van der Waals surface area contributed by atoms with Gasteiger partial charge in [-0.2, -0.15) is 0 Å². The lowest BCUT2D eigenvalue weighted by Crippen LogP contribution is -2.28. The van der Waals surface area contributed by atoms with E-state index in [-0.39, 0.29) is 0 Å². The van der Waals surface area contributed by atoms with Crippen molar-refractivity contribution in [2.24, 2.45) is 0 Å². The summed E-state index contributed by atoms with van der Waals surface area (Å²) in [6.07, 6.45) is 3.92. The van der Waals surface area contributed by atoms with Crippen LogP contribution < -0.4 is 15.4 Å². The summed E-state index contributed by atoms with van der Waals surface area (Å²) in [5, 5.41) is 7.10. The van der Waals surface area contributed by atoms with Crippen LogP contribution in [0.5, 0.6) is 5.75 Å². The van der Waals surface area contributed by atoms with Crippen molar-refractivity contribution in [3.05, 3.63) is 23.8 Å². The van der Waals surface area contributed by atoms with E-state index in [9.17, 15) is 0 Å². The number of hydrogen-bond acceptors (Lipinski definition) is 3. The second-order valence-electron chi connectivity index (χ2n) is 5.05. The molecular formula is C14H20N2O. The van der Waals surface area contributed by atoms with Crippen LogP contribution in [0.4, 0.5) is 5.69 Å². The normalized spacial score (nSPS) is 22.8. The zero-order valence-corrected chi connectivity index (χ0v) is 10.3. The fraction of sp³-hybridized carbons (Fsp3) is 0.571. The van der Waals surface area contributed by atoms with Crippen LogP contribution in [-0.2, 0) is 0 Å². The van der Waals surface area contributed by atoms with Crippen molar-refractivity contribution in [3.8, 4) is 5.75 Å². The fourth-order valence-electron chi connectivity index (χ4n) is 2.51. The van der Waals surface area contributed by atoms with Crippen LogP contribution in [0.25, 0.3) is 0 Å². The number of hydrogen-bond donors (Lipinski definition) is 2. The molecule has 1 saturated carbocycles. The first-order chi connectivity index (χ1) is 8.36. The summed E-state index contributed by atoms with van der Waals surface area (Å²) >= 11 is 0. The molecule has 3 rings (SSSR count). The molecule has 1 aliphatic carbocycles. The van der Waals surface area contributed by atoms with Gasteiger partial charge in [-0.3, -0.25) is 0 Å². The van der Waals surface area contributed by atoms with Gasteiger partial charge < -0.3 is 15.4 Å². The van der Waals surface area contributed by atoms with Gasteiger partial charge in [0.2, 0.25) is 0 Å². The Kier molecular flexibility index (Phi) is 2.93. The summed E-state index contributed by atoms with van der Waals surface area (Å²) in [7, 11) is 1.73. The zero-order chi connectivity index (χ0) is 11.7. The summed E-state index contributed by atoms with van der Waals surface area (Å²) in [6, 6.07) is 7.14. The van der Waals surface area contributed by atoms with Gasteiger partial charge in [0.1, 0.15) is 5.75 Å². The fourth-order valence-corrected chi connectivity index (χ4v) is 2.51. The van der Waals surface area contributed by atoms with Crippen LogP contribution in [0, 0.1) is 0 Å². The highest BCUT2D eigenvalue weighted by Gasteiger charge is 2.25. The summed E-state index contributed by atoms with van der Waals surface area (Å²) in [6.45, 7) is 2.18. The Balaban J connectivity index is 1.77. The highest BCUT2D eigenvalue weighted by atomic mass is 16.5. The summed E-state index contributed by atoms with van der Waals surface area (Å²) in [5.41, 5.74) is 2.68. The molecular weight excluding hydrogens is 212 g/mol. The second-order valence-corrected chi connectivity index (χ2v) is 5.05. The smallest absolute Gasteiger partial charge is 0.119 e. The van der Waals surface area contributed by atoms with Gasteiger partial charge in [0.25, 0.3) is 0 Å². The average molecular weight is 232 g/mol. The van der Waals surface area contributed by atoms with E-state index >= 15 is 0 Å². The van der Waals surface area contributed by atoms with Gasteiger partial charge in [0, 0.05) is 30.7 Å². The first-order valence-electron chi connectivity index (χ1n) is 6.52. The Hall–Kier alpha value is -1.22. The van der Waals surface area contributed by atoms with Gasteiger partial charge in [0.05, 0.1) is 7.11 Å². The van der Waals surface area contributed by atoms with Crippen LogP contribution in [0.3, 0.4) is 0 Å². The third-order valence-electron chi connectivity index (χ3n) is 3.74. The molecule has 0 saturated heterocycles. The van der Waals surface area contributed by atoms with Gasteiger partial charge in [-0.25, -0.2) is 0 Å². The topological polar surface area (TPSA) is 33.3 Å². The average Bonchev–Trinajstić information content (AvgIpc) is 3.19. The Bertz CT molecular complexity index is 401. The van der Waals surface area contributed by atoms with E-state index in [2.05, 4.69) is 22.8 Å². The number of benzene rings is 1. The van der Waals surface area contributed by atoms with Crippen molar-refractivity contribution in [3.63, 3.8) is 0 Å². The minimum Gasteiger partial charge on any atom is -0.497 e. The molecule has 1 atom stereocenters. The Morgan fingerprint density at radius 2 is 2.24 bits per heavy atom. The predicted octanol–water partition coefficient (Wildman–Crippen LogP) is 2.35. The van der Waals surface area contributed by atoms with Crippen molar-refractivity contribution < 1.29 is 4.74 Å². The molecule has 1 aromatic carbocycles. The highest BCUT2D eigenvalue weighted by molar-refractivity contribution is 5.57. The molecule has 0 bridgehead atoms. The maximum atomic E-state index is 5.32. The predicted molar refractivity (Wildman–Crippen MR) is 69.9 cm³/mol. The minimum absolute atomic E-state index is 0.627. The lowest BCUT2D eigenvalue weighted by atomic mass is 9.90. The second kappa shape index (κ2) is 4.57. The van der Waals surface area contributed by atoms with E-state index in [4.69, 9.17) is 4.74 Å². The van der Waals surface area contributed by atoms with E-state index in [1.54, 1.807) is 7.11 Å². The summed E-state index contributed by atoms with van der Waals surface area (Å²) < 4.78 is 5.32. The number of nitrogens with one attached hydrogen (secondary N) is 2. The van der Waals surface area contributed by atoms with Crippen molar-refractivity contribution in [1.29, 1.82) is 0 Å². The van der Waals surface area contributed by atoms with Crippen LogP contribution in [-0.4, -0.2) is 26.2 Å². The van der Waals surface area contributed by atoms with Crippen LogP contribution >= 0.6 is 0 Å². The lowest BCUT2D eigenvalue weighted by Gasteiger charge is -2.27. The third-order valence-corrected chi connectivity index (χ3v) is 3.74. The minimum atomic E-state index is 0.627. The molecule has 2 N–H and O–H groups in total. The highest BCUT2D eigenvalue weighted by Crippen LogP contribution is 2.34. The quantitative estimate of drug-likeness (QED) is 0.836. The molecule has 92 valence electrons. The van der Waals surface area contributed by atoms with Gasteiger partial charge in [-0.1, -0.05) is 0 Å². The zero-order valence-electron chi connectivity index (χ0n) is 10.3. The first kappa shape index (κ1) is 10.9. The van der Waals surface area contributed by atoms with E-state index in [1.165, 1.54) is 30.5 Å². The van der Waals surface area contributed by atoms with Crippen LogP contribution in [0.2, 0.25) is 0 Å². The van der Waals surface area contributed by atoms with Gasteiger partial charge in [-0.05, 0) is 43.0 Å². The van der Waals surface area contributed by atoms with E-state index in [0.717, 1.165) is 24.9 Å². The maximum Gasteiger partial charge on any atom is 0.119 e. The molecule has 0 radical (unpaired) electrons. The molecule has 3 heteroatoms. The molecule has 2 aliphatic rings. The number of ether oxygens (including phenoxy) is 1. The summed E-state index contributed by atoms with van der Waals surface area (Å²) in [4.78, 5) is 0. The van der Waals surface area contributed by atoms with Crippen molar-refractivity contribution in [2.75, 3.05) is 25.5 Å². The first-order valence-corrected chi connectivity index (χ1v) is 6.52. The SMILES string of the molecule is COc1ccc2c(c1)C(CNC1CC1)CCN2. The Morgan fingerprint density at radius 1 is 1.35 bits per heavy atom. The van der Waals surface area contributed by atoms with E-state index < -0.39 is 0 Å². The molecule has 0 aromatic heterocycles. The van der Waals surface area contributed by atoms with Crippen LogP contribution in [0.1, 0.15) is 30.7 Å². The molecule has 17 heavy (non-hydrogen) atoms. The monoisotopic (exact) mass is 232 g/mol. The number of fused-ring (bicyclic) bond motifs is 1. The molecule has 1 heterocycles. The molecule has 1 fully saturated rings. The standard InChI is InChI=1S/C14H20N2O/c1-17-12-4-5-14-13(8-12)10(6-7-15-14)9-16-11-2-3-11/h4-5,8,10-11,15-16H,2-3,6-7,9H2,1H3. The molecule has 1 aliphatic heterocycles. The van der Waals surface area contributed by atoms with Crippen molar-refractivity contribution in [2.45, 2.75) is 31.2 Å². The largest absolute Gasteiger partial charge is 0.497 e. The van der Waals surface area contributed by atoms with E-state index in [0.29, 0.717) is 5.92 Å². The van der Waals surface area contributed by atoms with Gasteiger partial charge in [0.15, 0.2) is 0 Å². The van der Waals surface area contributed by atoms with Crippen molar-refractivity contribution in [1.82, 2.24) is 5.32 Å². The Morgan fingerprint density at radius 3 is 3.00 bits per heavy atom. The molecule has 1 unspecified atom stereocenters. The number of methoxy groups -OCH3 is 1. The Labute approximate surface area is 103 Å². The van der Waals surface area contributed by atoms with E-state index in [1.807, 2.05) is 6.07 Å². The maximum absolute atomic E-state index is 5.32. The van der Waals surface area contributed by atoms with Gasteiger partial charge >= 0.3 is 0 Å². The van der Waals surface area contributed by atoms with Crippen LogP contribution in [0.15, 0.2) is 18.2 Å². The lowest BCUT2D eigenvalue weighted by molar-refractivity contribution is 0.413. The third kappa shape index (κ3) is 2.39. The molecule has 0 spiro atoms. The molecule has 0 amide bonds. The number of anilines is 1. The number of rotatable bonds is 4. The van der Waals surface area contributed by atoms with Gasteiger partial charge in [-0.15, -0.1) is 0 Å².